The Labute approximate surface area is 153 Å². The number of hydrogen-bond donors (Lipinski definition) is 2. The Morgan fingerprint density at radius 2 is 1.81 bits per heavy atom. The van der Waals surface area contributed by atoms with Gasteiger partial charge in [-0.2, -0.15) is 15.0 Å². The van der Waals surface area contributed by atoms with Crippen molar-refractivity contribution in [2.24, 2.45) is 0 Å². The first-order valence-corrected chi connectivity index (χ1v) is 8.15. The first kappa shape index (κ1) is 16.5. The molecule has 0 bridgehead atoms. The van der Waals surface area contributed by atoms with Gasteiger partial charge in [-0.3, -0.25) is 0 Å². The molecule has 8 nitrogen and oxygen atoms in total. The zero-order chi connectivity index (χ0) is 18.6. The van der Waals surface area contributed by atoms with Crippen LogP contribution in [0.25, 0.3) is 11.0 Å². The largest absolute Gasteiger partial charge is 0.485 e. The van der Waals surface area contributed by atoms with Crippen LogP contribution in [-0.2, 0) is 6.61 Å². The maximum absolute atomic E-state index is 11.3. The van der Waals surface area contributed by atoms with Crippen molar-refractivity contribution in [1.29, 1.82) is 0 Å². The van der Waals surface area contributed by atoms with Gasteiger partial charge in [0.25, 0.3) is 0 Å². The van der Waals surface area contributed by atoms with E-state index >= 15 is 0 Å². The number of nitrogens with zero attached hydrogens (tertiary/aromatic N) is 3. The number of fused-ring (bicyclic) bond motifs is 1. The summed E-state index contributed by atoms with van der Waals surface area (Å²) in [5.41, 5.74) is 6.63. The maximum atomic E-state index is 11.3. The summed E-state index contributed by atoms with van der Waals surface area (Å²) in [6.07, 6.45) is 0. The molecule has 0 aliphatic carbocycles. The van der Waals surface area contributed by atoms with Gasteiger partial charge >= 0.3 is 5.63 Å². The zero-order valence-corrected chi connectivity index (χ0v) is 14.1. The van der Waals surface area contributed by atoms with E-state index in [-0.39, 0.29) is 12.6 Å². The van der Waals surface area contributed by atoms with Gasteiger partial charge in [0.2, 0.25) is 11.9 Å². The Morgan fingerprint density at radius 3 is 2.67 bits per heavy atom. The fraction of sp³-hybridized carbons (Fsp3) is 0.0526. The van der Waals surface area contributed by atoms with Crippen molar-refractivity contribution in [1.82, 2.24) is 15.0 Å². The van der Waals surface area contributed by atoms with Crippen molar-refractivity contribution < 1.29 is 9.15 Å². The minimum Gasteiger partial charge on any atom is -0.485 e. The molecule has 0 fully saturated rings. The fourth-order valence-corrected chi connectivity index (χ4v) is 2.49. The molecule has 0 aliphatic heterocycles. The van der Waals surface area contributed by atoms with Gasteiger partial charge in [0.15, 0.2) is 5.82 Å². The summed E-state index contributed by atoms with van der Waals surface area (Å²) < 4.78 is 10.9. The van der Waals surface area contributed by atoms with Crippen LogP contribution in [0.2, 0.25) is 0 Å². The van der Waals surface area contributed by atoms with Crippen LogP contribution in [0.15, 0.2) is 69.9 Å². The van der Waals surface area contributed by atoms with E-state index in [9.17, 15) is 4.79 Å². The average Bonchev–Trinajstić information content (AvgIpc) is 2.66. The average molecular weight is 361 g/mol. The number of para-hydroxylation sites is 1. The molecule has 0 atom stereocenters. The van der Waals surface area contributed by atoms with Crippen LogP contribution in [0.3, 0.4) is 0 Å². The first-order chi connectivity index (χ1) is 13.2. The molecule has 2 heterocycles. The van der Waals surface area contributed by atoms with Gasteiger partial charge in [-0.1, -0.05) is 18.2 Å². The zero-order valence-electron chi connectivity index (χ0n) is 14.1. The molecule has 4 rings (SSSR count). The second-order valence-corrected chi connectivity index (χ2v) is 5.67. The highest BCUT2D eigenvalue weighted by Crippen LogP contribution is 2.20. The van der Waals surface area contributed by atoms with Crippen molar-refractivity contribution in [3.63, 3.8) is 0 Å². The van der Waals surface area contributed by atoms with Crippen LogP contribution >= 0.6 is 0 Å². The second-order valence-electron chi connectivity index (χ2n) is 5.67. The van der Waals surface area contributed by atoms with E-state index in [0.29, 0.717) is 23.1 Å². The molecule has 0 saturated heterocycles. The van der Waals surface area contributed by atoms with Gasteiger partial charge in [-0.25, -0.2) is 4.79 Å². The van der Waals surface area contributed by atoms with Gasteiger partial charge in [0.1, 0.15) is 17.9 Å². The molecule has 0 spiro atoms. The number of aromatic nitrogens is 3. The lowest BCUT2D eigenvalue weighted by Crippen LogP contribution is -2.09. The second kappa shape index (κ2) is 7.12. The Hall–Kier alpha value is -3.94. The molecule has 0 aliphatic rings. The molecule has 0 saturated carbocycles. The van der Waals surface area contributed by atoms with Gasteiger partial charge < -0.3 is 20.2 Å². The third kappa shape index (κ3) is 4.01. The van der Waals surface area contributed by atoms with Crippen molar-refractivity contribution in [2.45, 2.75) is 6.61 Å². The highest BCUT2D eigenvalue weighted by molar-refractivity contribution is 5.77. The van der Waals surface area contributed by atoms with E-state index in [2.05, 4.69) is 20.3 Å². The quantitative estimate of drug-likeness (QED) is 0.521. The van der Waals surface area contributed by atoms with Crippen molar-refractivity contribution in [3.05, 3.63) is 76.9 Å². The first-order valence-electron chi connectivity index (χ1n) is 8.15. The molecule has 0 unspecified atom stereocenters. The van der Waals surface area contributed by atoms with Gasteiger partial charge in [-0.15, -0.1) is 0 Å². The molecule has 2 aromatic heterocycles. The number of nitrogens with two attached hydrogens (primary N) is 1. The molecule has 8 heteroatoms. The molecule has 0 amide bonds. The summed E-state index contributed by atoms with van der Waals surface area (Å²) in [5.74, 6) is 1.31. The van der Waals surface area contributed by atoms with E-state index in [1.807, 2.05) is 30.3 Å². The summed E-state index contributed by atoms with van der Waals surface area (Å²) in [6.45, 7) is 0.0821. The van der Waals surface area contributed by atoms with Crippen LogP contribution in [0, 0.1) is 0 Å². The molecule has 4 aromatic rings. The number of anilines is 3. The van der Waals surface area contributed by atoms with Crippen molar-refractivity contribution >= 4 is 28.6 Å². The van der Waals surface area contributed by atoms with E-state index in [4.69, 9.17) is 14.9 Å². The normalized spacial score (nSPS) is 10.7. The van der Waals surface area contributed by atoms with Gasteiger partial charge in [0, 0.05) is 23.2 Å². The predicted octanol–water partition coefficient (Wildman–Crippen LogP) is 2.88. The Bertz CT molecular complexity index is 1140. The van der Waals surface area contributed by atoms with Gasteiger partial charge in [-0.05, 0) is 30.3 Å². The van der Waals surface area contributed by atoms with Crippen molar-refractivity contribution in [2.75, 3.05) is 11.1 Å². The van der Waals surface area contributed by atoms with Crippen LogP contribution in [-0.4, -0.2) is 15.0 Å². The van der Waals surface area contributed by atoms with Crippen LogP contribution in [0.4, 0.5) is 17.6 Å². The summed E-state index contributed by atoms with van der Waals surface area (Å²) in [4.78, 5) is 23.8. The standard InChI is InChI=1S/C19H15N5O3/c20-18-22-16(23-19(24-18)21-13-4-2-1-3-5-13)11-26-14-8-6-12-7-9-17(25)27-15(12)10-14/h1-10H,11H2,(H3,20,21,22,23,24). The number of hydrogen-bond acceptors (Lipinski definition) is 8. The summed E-state index contributed by atoms with van der Waals surface area (Å²) in [5, 5.41) is 3.87. The maximum Gasteiger partial charge on any atom is 0.336 e. The molecular weight excluding hydrogens is 346 g/mol. The Kier molecular flexibility index (Phi) is 4.36. The van der Waals surface area contributed by atoms with Gasteiger partial charge in [0.05, 0.1) is 0 Å². The smallest absolute Gasteiger partial charge is 0.336 e. The molecule has 27 heavy (non-hydrogen) atoms. The van der Waals surface area contributed by atoms with E-state index in [1.54, 1.807) is 24.3 Å². The monoisotopic (exact) mass is 361 g/mol. The third-order valence-corrected chi connectivity index (χ3v) is 3.69. The molecule has 2 aromatic carbocycles. The Morgan fingerprint density at radius 1 is 1.00 bits per heavy atom. The molecule has 3 N–H and O–H groups in total. The van der Waals surface area contributed by atoms with E-state index in [1.165, 1.54) is 6.07 Å². The summed E-state index contributed by atoms with van der Waals surface area (Å²) in [7, 11) is 0. The number of rotatable bonds is 5. The third-order valence-electron chi connectivity index (χ3n) is 3.69. The van der Waals surface area contributed by atoms with E-state index < -0.39 is 5.63 Å². The minimum absolute atomic E-state index is 0.0821. The topological polar surface area (TPSA) is 116 Å². The number of nitrogen functional groups attached to an aromatic ring is 1. The van der Waals surface area contributed by atoms with Crippen LogP contribution < -0.4 is 21.4 Å². The number of benzene rings is 2. The predicted molar refractivity (Wildman–Crippen MR) is 101 cm³/mol. The molecular formula is C19H15N5O3. The molecule has 134 valence electrons. The molecule has 0 radical (unpaired) electrons. The Balaban J connectivity index is 1.51. The lowest BCUT2D eigenvalue weighted by atomic mass is 10.2. The summed E-state index contributed by atoms with van der Waals surface area (Å²) in [6, 6.07) is 17.8. The van der Waals surface area contributed by atoms with E-state index in [0.717, 1.165) is 11.1 Å². The highest BCUT2D eigenvalue weighted by Gasteiger charge is 2.07. The van der Waals surface area contributed by atoms with Crippen LogP contribution in [0.1, 0.15) is 5.82 Å². The minimum atomic E-state index is -0.415. The van der Waals surface area contributed by atoms with Crippen molar-refractivity contribution in [3.8, 4) is 5.75 Å². The fourth-order valence-electron chi connectivity index (χ4n) is 2.49. The number of ether oxygens (including phenoxy) is 1. The summed E-state index contributed by atoms with van der Waals surface area (Å²) >= 11 is 0. The number of nitrogens with one attached hydrogen (secondary N) is 1. The lowest BCUT2D eigenvalue weighted by Gasteiger charge is -2.09. The lowest BCUT2D eigenvalue weighted by molar-refractivity contribution is 0.296. The van der Waals surface area contributed by atoms with Crippen LogP contribution in [0.5, 0.6) is 5.75 Å². The SMILES string of the molecule is Nc1nc(COc2ccc3ccc(=O)oc3c2)nc(Nc2ccccc2)n1. The highest BCUT2D eigenvalue weighted by atomic mass is 16.5.